The fourth-order valence-electron chi connectivity index (χ4n) is 4.18. The average Bonchev–Trinajstić information content (AvgIpc) is 2.66. The first-order chi connectivity index (χ1) is 8.35. The molecule has 3 aliphatic rings. The molecule has 2 unspecified atom stereocenters. The zero-order valence-corrected chi connectivity index (χ0v) is 11.8. The molecule has 0 radical (unpaired) electrons. The number of ether oxygens (including phenoxy) is 1. The van der Waals surface area contributed by atoms with Crippen molar-refractivity contribution < 1.29 is 9.15 Å². The maximum Gasteiger partial charge on any atom is 0.110 e. The van der Waals surface area contributed by atoms with E-state index in [0.29, 0.717) is 23.0 Å². The molecule has 0 N–H and O–H groups in total. The second kappa shape index (κ2) is 3.04. The summed E-state index contributed by atoms with van der Waals surface area (Å²) in [5, 5.41) is 0. The average molecular weight is 246 g/mol. The third kappa shape index (κ3) is 1.38. The lowest BCUT2D eigenvalue weighted by Gasteiger charge is -2.35. The Morgan fingerprint density at radius 1 is 0.833 bits per heavy atom. The number of furan rings is 1. The molecule has 2 heteroatoms. The fourth-order valence-corrected chi connectivity index (χ4v) is 4.18. The van der Waals surface area contributed by atoms with E-state index in [9.17, 15) is 0 Å². The summed E-state index contributed by atoms with van der Waals surface area (Å²) >= 11 is 0. The van der Waals surface area contributed by atoms with Crippen molar-refractivity contribution in [1.29, 1.82) is 0 Å². The Labute approximate surface area is 109 Å². The molecule has 0 bridgehead atoms. The third-order valence-corrected chi connectivity index (χ3v) is 4.86. The highest BCUT2D eigenvalue weighted by atomic mass is 16.5. The number of hydrogen-bond donors (Lipinski definition) is 0. The molecule has 2 aliphatic carbocycles. The van der Waals surface area contributed by atoms with Gasteiger partial charge in [0, 0.05) is 24.0 Å². The Morgan fingerprint density at radius 3 is 1.72 bits per heavy atom. The van der Waals surface area contributed by atoms with Gasteiger partial charge in [0.25, 0.3) is 0 Å². The summed E-state index contributed by atoms with van der Waals surface area (Å²) in [4.78, 5) is 0. The summed E-state index contributed by atoms with van der Waals surface area (Å²) in [6.07, 6.45) is 5.03. The maximum absolute atomic E-state index is 6.35. The van der Waals surface area contributed by atoms with Crippen LogP contribution >= 0.6 is 0 Å². The Balaban J connectivity index is 1.87. The number of rotatable bonds is 0. The summed E-state index contributed by atoms with van der Waals surface area (Å²) in [7, 11) is 0. The molecule has 0 saturated heterocycles. The predicted octanol–water partition coefficient (Wildman–Crippen LogP) is 4.34. The first kappa shape index (κ1) is 11.1. The second-order valence-corrected chi connectivity index (χ2v) is 7.98. The van der Waals surface area contributed by atoms with Gasteiger partial charge in [0.15, 0.2) is 0 Å². The Bertz CT molecular complexity index is 477. The smallest absolute Gasteiger partial charge is 0.110 e. The Hall–Kier alpha value is -0.760. The minimum Gasteiger partial charge on any atom is -0.465 e. The summed E-state index contributed by atoms with van der Waals surface area (Å²) in [6, 6.07) is 0. The van der Waals surface area contributed by atoms with E-state index in [0.717, 1.165) is 25.7 Å². The molecule has 2 nitrogen and oxygen atoms in total. The van der Waals surface area contributed by atoms with E-state index in [1.54, 1.807) is 0 Å². The molecule has 0 amide bonds. The molecule has 2 heterocycles. The van der Waals surface area contributed by atoms with Gasteiger partial charge < -0.3 is 9.15 Å². The normalized spacial score (nSPS) is 34.4. The van der Waals surface area contributed by atoms with Crippen LogP contribution in [0.1, 0.15) is 75.4 Å². The zero-order valence-electron chi connectivity index (χ0n) is 11.8. The molecular weight excluding hydrogens is 224 g/mol. The molecule has 18 heavy (non-hydrogen) atoms. The van der Waals surface area contributed by atoms with E-state index in [4.69, 9.17) is 9.15 Å². The predicted molar refractivity (Wildman–Crippen MR) is 69.5 cm³/mol. The van der Waals surface area contributed by atoms with E-state index in [2.05, 4.69) is 27.7 Å². The van der Waals surface area contributed by atoms with Gasteiger partial charge in [-0.1, -0.05) is 27.7 Å². The van der Waals surface area contributed by atoms with Crippen LogP contribution in [0.3, 0.4) is 0 Å². The lowest BCUT2D eigenvalue weighted by molar-refractivity contribution is -0.0470. The second-order valence-electron chi connectivity index (χ2n) is 7.98. The van der Waals surface area contributed by atoms with E-state index < -0.39 is 0 Å². The molecule has 0 fully saturated rings. The minimum atomic E-state index is 0.301. The largest absolute Gasteiger partial charge is 0.465 e. The quantitative estimate of drug-likeness (QED) is 0.679. The lowest BCUT2D eigenvalue weighted by atomic mass is 9.73. The van der Waals surface area contributed by atoms with Gasteiger partial charge >= 0.3 is 0 Å². The van der Waals surface area contributed by atoms with Gasteiger partial charge in [-0.2, -0.15) is 0 Å². The molecule has 0 aromatic carbocycles. The van der Waals surface area contributed by atoms with Crippen molar-refractivity contribution in [2.75, 3.05) is 0 Å². The molecule has 1 aromatic heterocycles. The van der Waals surface area contributed by atoms with Crippen LogP contribution in [-0.4, -0.2) is 0 Å². The lowest BCUT2D eigenvalue weighted by Crippen LogP contribution is -2.26. The summed E-state index contributed by atoms with van der Waals surface area (Å²) in [5.74, 6) is 2.45. The van der Waals surface area contributed by atoms with Gasteiger partial charge in [0.1, 0.15) is 11.5 Å². The third-order valence-electron chi connectivity index (χ3n) is 4.86. The van der Waals surface area contributed by atoms with Crippen molar-refractivity contribution in [3.63, 3.8) is 0 Å². The fraction of sp³-hybridized carbons (Fsp3) is 0.750. The standard InChI is InChI=1S/C16H22O2/c1-15(2)5-9-13-10(6-15)18-12-8-16(3,4)7-11(17-9)14(12)13/h9,11H,5-8H2,1-4H3. The SMILES string of the molecule is CC1(C)Cc2oc3c4c2C(C1)OC4CC(C)(C)C3. The van der Waals surface area contributed by atoms with Crippen molar-refractivity contribution in [2.45, 2.75) is 65.6 Å². The van der Waals surface area contributed by atoms with E-state index in [1.165, 1.54) is 22.6 Å². The van der Waals surface area contributed by atoms with Crippen LogP contribution in [0.2, 0.25) is 0 Å². The summed E-state index contributed by atoms with van der Waals surface area (Å²) < 4.78 is 12.6. The molecule has 1 aliphatic heterocycles. The highest BCUT2D eigenvalue weighted by molar-refractivity contribution is 5.44. The van der Waals surface area contributed by atoms with E-state index >= 15 is 0 Å². The summed E-state index contributed by atoms with van der Waals surface area (Å²) in [5.41, 5.74) is 3.50. The van der Waals surface area contributed by atoms with Crippen LogP contribution < -0.4 is 0 Å². The van der Waals surface area contributed by atoms with Gasteiger partial charge in [-0.15, -0.1) is 0 Å². The van der Waals surface area contributed by atoms with Crippen molar-refractivity contribution in [3.8, 4) is 0 Å². The Morgan fingerprint density at radius 2 is 1.28 bits per heavy atom. The first-order valence-corrected chi connectivity index (χ1v) is 7.14. The van der Waals surface area contributed by atoms with Crippen molar-refractivity contribution in [1.82, 2.24) is 0 Å². The highest BCUT2D eigenvalue weighted by Crippen LogP contribution is 2.58. The van der Waals surface area contributed by atoms with Gasteiger partial charge in [-0.3, -0.25) is 0 Å². The van der Waals surface area contributed by atoms with Crippen LogP contribution in [0.15, 0.2) is 4.42 Å². The Kier molecular flexibility index (Phi) is 1.87. The minimum absolute atomic E-state index is 0.301. The number of hydrogen-bond acceptors (Lipinski definition) is 2. The van der Waals surface area contributed by atoms with Crippen LogP contribution in [0.4, 0.5) is 0 Å². The van der Waals surface area contributed by atoms with Crippen molar-refractivity contribution >= 4 is 0 Å². The van der Waals surface area contributed by atoms with E-state index in [-0.39, 0.29) is 0 Å². The molecule has 98 valence electrons. The monoisotopic (exact) mass is 246 g/mol. The highest BCUT2D eigenvalue weighted by Gasteiger charge is 2.49. The van der Waals surface area contributed by atoms with Crippen molar-refractivity contribution in [3.05, 3.63) is 22.6 Å². The van der Waals surface area contributed by atoms with Crippen LogP contribution in [0.5, 0.6) is 0 Å². The molecule has 2 atom stereocenters. The molecular formula is C16H22O2. The molecule has 0 saturated carbocycles. The molecule has 4 rings (SSSR count). The van der Waals surface area contributed by atoms with Gasteiger partial charge in [-0.05, 0) is 23.7 Å². The van der Waals surface area contributed by atoms with Crippen LogP contribution in [-0.2, 0) is 17.6 Å². The van der Waals surface area contributed by atoms with Gasteiger partial charge in [-0.25, -0.2) is 0 Å². The molecule has 1 aromatic rings. The maximum atomic E-state index is 6.35. The van der Waals surface area contributed by atoms with Crippen molar-refractivity contribution in [2.24, 2.45) is 10.8 Å². The van der Waals surface area contributed by atoms with Gasteiger partial charge in [0.05, 0.1) is 12.2 Å². The first-order valence-electron chi connectivity index (χ1n) is 7.14. The van der Waals surface area contributed by atoms with Crippen LogP contribution in [0.25, 0.3) is 0 Å². The molecule has 0 spiro atoms. The summed E-state index contributed by atoms with van der Waals surface area (Å²) in [6.45, 7) is 9.29. The van der Waals surface area contributed by atoms with Crippen LogP contribution in [0, 0.1) is 10.8 Å². The van der Waals surface area contributed by atoms with E-state index in [1.807, 2.05) is 0 Å². The topological polar surface area (TPSA) is 22.4 Å². The van der Waals surface area contributed by atoms with Gasteiger partial charge in [0.2, 0.25) is 0 Å². The zero-order chi connectivity index (χ0) is 12.7.